The van der Waals surface area contributed by atoms with Gasteiger partial charge in [0, 0.05) is 10.0 Å². The molecule has 1 amide bonds. The van der Waals surface area contributed by atoms with E-state index in [1.807, 2.05) is 43.3 Å². The fraction of sp³-hybridized carbons (Fsp3) is 0.111. The van der Waals surface area contributed by atoms with E-state index in [4.69, 9.17) is 0 Å². The Balaban J connectivity index is 2.25. The van der Waals surface area contributed by atoms with E-state index in [9.17, 15) is 15.2 Å². The SMILES string of the molecule is CC(NC(=O)/C(C#N)=C/c1cc(Br)cc(Br)c1O)c1ccccc1. The van der Waals surface area contributed by atoms with Crippen molar-refractivity contribution in [3.63, 3.8) is 0 Å². The topological polar surface area (TPSA) is 73.1 Å². The van der Waals surface area contributed by atoms with Crippen molar-refractivity contribution in [1.82, 2.24) is 5.32 Å². The lowest BCUT2D eigenvalue weighted by Gasteiger charge is -2.14. The molecule has 6 heteroatoms. The minimum atomic E-state index is -0.496. The Morgan fingerprint density at radius 2 is 1.96 bits per heavy atom. The van der Waals surface area contributed by atoms with E-state index in [0.717, 1.165) is 5.56 Å². The lowest BCUT2D eigenvalue weighted by atomic mass is 10.1. The van der Waals surface area contributed by atoms with Gasteiger partial charge in [0.25, 0.3) is 5.91 Å². The van der Waals surface area contributed by atoms with Crippen molar-refractivity contribution in [2.24, 2.45) is 0 Å². The first kappa shape index (κ1) is 18.2. The number of benzene rings is 2. The zero-order valence-electron chi connectivity index (χ0n) is 12.8. The number of hydrogen-bond acceptors (Lipinski definition) is 3. The fourth-order valence-corrected chi connectivity index (χ4v) is 3.36. The molecule has 0 saturated carbocycles. The van der Waals surface area contributed by atoms with Crippen LogP contribution in [0.3, 0.4) is 0 Å². The third-order valence-electron chi connectivity index (χ3n) is 3.37. The Morgan fingerprint density at radius 3 is 2.58 bits per heavy atom. The van der Waals surface area contributed by atoms with Crippen LogP contribution in [0.4, 0.5) is 0 Å². The lowest BCUT2D eigenvalue weighted by molar-refractivity contribution is -0.117. The van der Waals surface area contributed by atoms with Gasteiger partial charge in [0.05, 0.1) is 10.5 Å². The third-order valence-corrected chi connectivity index (χ3v) is 4.43. The van der Waals surface area contributed by atoms with Crippen LogP contribution in [-0.4, -0.2) is 11.0 Å². The van der Waals surface area contributed by atoms with Crippen molar-refractivity contribution in [3.8, 4) is 11.8 Å². The molecular formula is C18H14Br2N2O2. The summed E-state index contributed by atoms with van der Waals surface area (Å²) >= 11 is 6.54. The van der Waals surface area contributed by atoms with Crippen molar-refractivity contribution in [2.75, 3.05) is 0 Å². The summed E-state index contributed by atoms with van der Waals surface area (Å²) in [5.74, 6) is -0.529. The Hall–Kier alpha value is -2.10. The van der Waals surface area contributed by atoms with Gasteiger partial charge in [-0.3, -0.25) is 4.79 Å². The minimum Gasteiger partial charge on any atom is -0.506 e. The standard InChI is InChI=1S/C18H14Br2N2O2/c1-11(12-5-3-2-4-6-12)22-18(24)14(10-21)7-13-8-15(19)9-16(20)17(13)23/h2-9,11,23H,1H3,(H,22,24)/b14-7+. The highest BCUT2D eigenvalue weighted by molar-refractivity contribution is 9.11. The number of rotatable bonds is 4. The smallest absolute Gasteiger partial charge is 0.262 e. The molecule has 2 aromatic rings. The quantitative estimate of drug-likeness (QED) is 0.524. The van der Waals surface area contributed by atoms with E-state index in [-0.39, 0.29) is 17.4 Å². The summed E-state index contributed by atoms with van der Waals surface area (Å²) in [6.45, 7) is 1.84. The van der Waals surface area contributed by atoms with E-state index in [1.165, 1.54) is 6.08 Å². The van der Waals surface area contributed by atoms with Gasteiger partial charge in [-0.25, -0.2) is 0 Å². The molecule has 0 saturated heterocycles. The first-order chi connectivity index (χ1) is 11.4. The summed E-state index contributed by atoms with van der Waals surface area (Å²) in [6.07, 6.45) is 1.36. The first-order valence-corrected chi connectivity index (χ1v) is 8.66. The van der Waals surface area contributed by atoms with E-state index in [2.05, 4.69) is 37.2 Å². The van der Waals surface area contributed by atoms with Crippen LogP contribution < -0.4 is 5.32 Å². The molecule has 0 aromatic heterocycles. The van der Waals surface area contributed by atoms with Gasteiger partial charge in [-0.1, -0.05) is 46.3 Å². The normalized spacial score (nSPS) is 12.3. The molecule has 0 heterocycles. The van der Waals surface area contributed by atoms with Gasteiger partial charge in [0.15, 0.2) is 0 Å². The number of nitriles is 1. The van der Waals surface area contributed by atoms with Crippen LogP contribution in [0.25, 0.3) is 6.08 Å². The number of halogens is 2. The number of nitrogens with one attached hydrogen (secondary N) is 1. The molecule has 0 bridgehead atoms. The molecule has 0 fully saturated rings. The second kappa shape index (κ2) is 8.13. The summed E-state index contributed by atoms with van der Waals surface area (Å²) in [7, 11) is 0. The first-order valence-electron chi connectivity index (χ1n) is 7.08. The Kier molecular flexibility index (Phi) is 6.18. The summed E-state index contributed by atoms with van der Waals surface area (Å²) < 4.78 is 1.19. The monoisotopic (exact) mass is 448 g/mol. The van der Waals surface area contributed by atoms with Crippen molar-refractivity contribution in [3.05, 3.63) is 68.1 Å². The van der Waals surface area contributed by atoms with Crippen LogP contribution in [0.15, 0.2) is 57.0 Å². The van der Waals surface area contributed by atoms with Crippen LogP contribution in [0.1, 0.15) is 24.1 Å². The van der Waals surface area contributed by atoms with Crippen molar-refractivity contribution in [1.29, 1.82) is 5.26 Å². The van der Waals surface area contributed by atoms with Crippen LogP contribution in [0, 0.1) is 11.3 Å². The van der Waals surface area contributed by atoms with E-state index < -0.39 is 5.91 Å². The van der Waals surface area contributed by atoms with Crippen LogP contribution in [-0.2, 0) is 4.79 Å². The van der Waals surface area contributed by atoms with Gasteiger partial charge in [0.1, 0.15) is 17.4 Å². The van der Waals surface area contributed by atoms with Gasteiger partial charge in [-0.2, -0.15) is 5.26 Å². The molecule has 4 nitrogen and oxygen atoms in total. The maximum absolute atomic E-state index is 12.3. The molecule has 0 aliphatic rings. The van der Waals surface area contributed by atoms with Crippen LogP contribution >= 0.6 is 31.9 Å². The molecule has 1 unspecified atom stereocenters. The second-order valence-electron chi connectivity index (χ2n) is 5.10. The van der Waals surface area contributed by atoms with Gasteiger partial charge in [0.2, 0.25) is 0 Å². The fourth-order valence-electron chi connectivity index (χ4n) is 2.10. The zero-order chi connectivity index (χ0) is 17.7. The summed E-state index contributed by atoms with van der Waals surface area (Å²) in [6, 6.07) is 14.4. The molecule has 2 aromatic carbocycles. The van der Waals surface area contributed by atoms with E-state index in [1.54, 1.807) is 12.1 Å². The van der Waals surface area contributed by atoms with E-state index >= 15 is 0 Å². The number of hydrogen-bond donors (Lipinski definition) is 2. The van der Waals surface area contributed by atoms with Crippen molar-refractivity contribution >= 4 is 43.8 Å². The number of carbonyl (C=O) groups excluding carboxylic acids is 1. The molecule has 122 valence electrons. The Labute approximate surface area is 157 Å². The van der Waals surface area contributed by atoms with Gasteiger partial charge < -0.3 is 10.4 Å². The van der Waals surface area contributed by atoms with Crippen molar-refractivity contribution < 1.29 is 9.90 Å². The minimum absolute atomic E-state index is 0.0325. The molecule has 1 atom stereocenters. The lowest BCUT2D eigenvalue weighted by Crippen LogP contribution is -2.27. The molecule has 0 aliphatic heterocycles. The number of nitrogens with zero attached hydrogens (tertiary/aromatic N) is 1. The highest BCUT2D eigenvalue weighted by Crippen LogP contribution is 2.33. The molecular weight excluding hydrogens is 436 g/mol. The largest absolute Gasteiger partial charge is 0.506 e. The average Bonchev–Trinajstić information content (AvgIpc) is 2.57. The predicted octanol–water partition coefficient (Wildman–Crippen LogP) is 4.70. The molecule has 24 heavy (non-hydrogen) atoms. The number of aromatic hydroxyl groups is 1. The molecule has 0 spiro atoms. The van der Waals surface area contributed by atoms with Crippen molar-refractivity contribution in [2.45, 2.75) is 13.0 Å². The maximum Gasteiger partial charge on any atom is 0.262 e. The van der Waals surface area contributed by atoms with Gasteiger partial charge >= 0.3 is 0 Å². The Bertz CT molecular complexity index is 827. The van der Waals surface area contributed by atoms with Gasteiger partial charge in [-0.15, -0.1) is 0 Å². The average molecular weight is 450 g/mol. The molecule has 2 rings (SSSR count). The molecule has 0 aliphatic carbocycles. The number of phenolic OH excluding ortho intramolecular Hbond substituents is 1. The van der Waals surface area contributed by atoms with Gasteiger partial charge in [-0.05, 0) is 46.6 Å². The number of phenols is 1. The zero-order valence-corrected chi connectivity index (χ0v) is 15.9. The summed E-state index contributed by atoms with van der Waals surface area (Å²) in [4.78, 5) is 12.3. The predicted molar refractivity (Wildman–Crippen MR) is 100 cm³/mol. The number of carbonyl (C=O) groups is 1. The summed E-state index contributed by atoms with van der Waals surface area (Å²) in [5, 5.41) is 22.1. The maximum atomic E-state index is 12.3. The third kappa shape index (κ3) is 4.47. The Morgan fingerprint density at radius 1 is 1.29 bits per heavy atom. The molecule has 2 N–H and O–H groups in total. The number of amides is 1. The molecule has 0 radical (unpaired) electrons. The second-order valence-corrected chi connectivity index (χ2v) is 6.87. The summed E-state index contributed by atoms with van der Waals surface area (Å²) in [5.41, 5.74) is 1.23. The van der Waals surface area contributed by atoms with Crippen LogP contribution in [0.5, 0.6) is 5.75 Å². The highest BCUT2D eigenvalue weighted by Gasteiger charge is 2.15. The van der Waals surface area contributed by atoms with Crippen LogP contribution in [0.2, 0.25) is 0 Å². The highest BCUT2D eigenvalue weighted by atomic mass is 79.9. The van der Waals surface area contributed by atoms with E-state index in [0.29, 0.717) is 14.5 Å².